The van der Waals surface area contributed by atoms with E-state index in [2.05, 4.69) is 10.3 Å². The van der Waals surface area contributed by atoms with E-state index in [1.165, 1.54) is 0 Å². The van der Waals surface area contributed by atoms with E-state index in [0.717, 1.165) is 16.8 Å². The van der Waals surface area contributed by atoms with Crippen LogP contribution >= 0.6 is 0 Å². The van der Waals surface area contributed by atoms with Gasteiger partial charge in [-0.3, -0.25) is 0 Å². The SMILES string of the molecule is COCc1ccccc1Nc1nc2ccc(N)cc2o1. The van der Waals surface area contributed by atoms with Crippen molar-refractivity contribution in [3.63, 3.8) is 0 Å². The van der Waals surface area contributed by atoms with E-state index in [0.29, 0.717) is 23.9 Å². The molecule has 0 bridgehead atoms. The number of hydrogen-bond donors (Lipinski definition) is 2. The third-order valence-electron chi connectivity index (χ3n) is 2.97. The minimum Gasteiger partial charge on any atom is -0.423 e. The molecule has 0 atom stereocenters. The van der Waals surface area contributed by atoms with Gasteiger partial charge < -0.3 is 20.2 Å². The van der Waals surface area contributed by atoms with Gasteiger partial charge >= 0.3 is 0 Å². The highest BCUT2D eigenvalue weighted by atomic mass is 16.5. The second-order valence-corrected chi connectivity index (χ2v) is 4.46. The smallest absolute Gasteiger partial charge is 0.300 e. The number of nitrogens with two attached hydrogens (primary N) is 1. The first-order valence-electron chi connectivity index (χ1n) is 6.26. The third-order valence-corrected chi connectivity index (χ3v) is 2.97. The van der Waals surface area contributed by atoms with E-state index in [1.54, 1.807) is 19.2 Å². The van der Waals surface area contributed by atoms with Crippen LogP contribution in [0.5, 0.6) is 0 Å². The van der Waals surface area contributed by atoms with Crippen molar-refractivity contribution < 1.29 is 9.15 Å². The highest BCUT2D eigenvalue weighted by Gasteiger charge is 2.08. The average molecular weight is 269 g/mol. The van der Waals surface area contributed by atoms with Gasteiger partial charge in [-0.15, -0.1) is 0 Å². The first-order valence-corrected chi connectivity index (χ1v) is 6.26. The van der Waals surface area contributed by atoms with Crippen molar-refractivity contribution in [3.05, 3.63) is 48.0 Å². The molecule has 1 aromatic heterocycles. The van der Waals surface area contributed by atoms with Gasteiger partial charge in [0, 0.05) is 30.1 Å². The van der Waals surface area contributed by atoms with Crippen molar-refractivity contribution in [3.8, 4) is 0 Å². The lowest BCUT2D eigenvalue weighted by atomic mass is 10.2. The first-order chi connectivity index (χ1) is 9.76. The van der Waals surface area contributed by atoms with Crippen LogP contribution in [0, 0.1) is 0 Å². The largest absolute Gasteiger partial charge is 0.423 e. The Kier molecular flexibility index (Phi) is 3.26. The van der Waals surface area contributed by atoms with Crippen molar-refractivity contribution in [1.82, 2.24) is 4.98 Å². The van der Waals surface area contributed by atoms with Crippen LogP contribution in [0.15, 0.2) is 46.9 Å². The van der Waals surface area contributed by atoms with Crippen LogP contribution in [0.1, 0.15) is 5.56 Å². The monoisotopic (exact) mass is 269 g/mol. The van der Waals surface area contributed by atoms with Gasteiger partial charge in [-0.1, -0.05) is 18.2 Å². The van der Waals surface area contributed by atoms with Crippen LogP contribution in [0.3, 0.4) is 0 Å². The molecule has 0 aliphatic rings. The number of nitrogen functional groups attached to an aromatic ring is 1. The third kappa shape index (κ3) is 2.44. The van der Waals surface area contributed by atoms with E-state index < -0.39 is 0 Å². The summed E-state index contributed by atoms with van der Waals surface area (Å²) in [5, 5.41) is 3.17. The highest BCUT2D eigenvalue weighted by Crippen LogP contribution is 2.25. The number of nitrogens with one attached hydrogen (secondary N) is 1. The normalized spacial score (nSPS) is 10.8. The van der Waals surface area contributed by atoms with Gasteiger partial charge in [-0.2, -0.15) is 4.98 Å². The second-order valence-electron chi connectivity index (χ2n) is 4.46. The predicted octanol–water partition coefficient (Wildman–Crippen LogP) is 3.30. The van der Waals surface area contributed by atoms with Crippen LogP contribution in [-0.2, 0) is 11.3 Å². The quantitative estimate of drug-likeness (QED) is 0.711. The van der Waals surface area contributed by atoms with Gasteiger partial charge in [-0.25, -0.2) is 0 Å². The van der Waals surface area contributed by atoms with E-state index >= 15 is 0 Å². The molecule has 3 N–H and O–H groups in total. The number of para-hydroxylation sites is 1. The second kappa shape index (κ2) is 5.22. The molecule has 5 nitrogen and oxygen atoms in total. The van der Waals surface area contributed by atoms with E-state index in [1.807, 2.05) is 30.3 Å². The fourth-order valence-corrected chi connectivity index (χ4v) is 2.03. The van der Waals surface area contributed by atoms with Crippen molar-refractivity contribution in [1.29, 1.82) is 0 Å². The van der Waals surface area contributed by atoms with Gasteiger partial charge in [-0.05, 0) is 18.2 Å². The molecular weight excluding hydrogens is 254 g/mol. The number of rotatable bonds is 4. The molecule has 1 heterocycles. The lowest BCUT2D eigenvalue weighted by Crippen LogP contribution is -1.97. The summed E-state index contributed by atoms with van der Waals surface area (Å²) in [5.74, 6) is 0. The van der Waals surface area contributed by atoms with Crippen LogP contribution in [0.2, 0.25) is 0 Å². The fraction of sp³-hybridized carbons (Fsp3) is 0.133. The van der Waals surface area contributed by atoms with Gasteiger partial charge in [0.25, 0.3) is 6.01 Å². The van der Waals surface area contributed by atoms with Crippen molar-refractivity contribution in [2.45, 2.75) is 6.61 Å². The van der Waals surface area contributed by atoms with Crippen LogP contribution in [0.25, 0.3) is 11.1 Å². The lowest BCUT2D eigenvalue weighted by Gasteiger charge is -2.08. The number of oxazole rings is 1. The average Bonchev–Trinajstić information content (AvgIpc) is 2.82. The molecule has 0 radical (unpaired) electrons. The molecule has 0 fully saturated rings. The molecule has 0 spiro atoms. The van der Waals surface area contributed by atoms with E-state index in [9.17, 15) is 0 Å². The zero-order valence-electron chi connectivity index (χ0n) is 11.1. The summed E-state index contributed by atoms with van der Waals surface area (Å²) in [6.45, 7) is 0.524. The summed E-state index contributed by atoms with van der Waals surface area (Å²) >= 11 is 0. The number of benzene rings is 2. The Morgan fingerprint density at radius 2 is 2.10 bits per heavy atom. The minimum absolute atomic E-state index is 0.439. The Morgan fingerprint density at radius 1 is 1.25 bits per heavy atom. The summed E-state index contributed by atoms with van der Waals surface area (Å²) in [7, 11) is 1.67. The molecular formula is C15H15N3O2. The summed E-state index contributed by atoms with van der Waals surface area (Å²) in [6, 6.07) is 13.7. The Bertz CT molecular complexity index is 737. The number of fused-ring (bicyclic) bond motifs is 1. The molecule has 0 unspecified atom stereocenters. The zero-order valence-corrected chi connectivity index (χ0v) is 11.1. The Balaban J connectivity index is 1.93. The van der Waals surface area contributed by atoms with Crippen LogP contribution < -0.4 is 11.1 Å². The summed E-state index contributed by atoms with van der Waals surface area (Å²) < 4.78 is 10.8. The first kappa shape index (κ1) is 12.5. The molecule has 3 aromatic rings. The molecule has 0 amide bonds. The van der Waals surface area contributed by atoms with Crippen LogP contribution in [-0.4, -0.2) is 12.1 Å². The maximum absolute atomic E-state index is 5.72. The summed E-state index contributed by atoms with van der Waals surface area (Å²) in [6.07, 6.45) is 0. The molecule has 0 saturated carbocycles. The molecule has 0 aliphatic carbocycles. The fourth-order valence-electron chi connectivity index (χ4n) is 2.03. The molecule has 0 saturated heterocycles. The number of hydrogen-bond acceptors (Lipinski definition) is 5. The van der Waals surface area contributed by atoms with Crippen molar-refractivity contribution in [2.75, 3.05) is 18.2 Å². The van der Waals surface area contributed by atoms with Gasteiger partial charge in [0.05, 0.1) is 6.61 Å². The number of nitrogens with zero attached hydrogens (tertiary/aromatic N) is 1. The van der Waals surface area contributed by atoms with E-state index in [4.69, 9.17) is 14.9 Å². The maximum Gasteiger partial charge on any atom is 0.300 e. The number of methoxy groups -OCH3 is 1. The number of ether oxygens (including phenoxy) is 1. The molecule has 102 valence electrons. The lowest BCUT2D eigenvalue weighted by molar-refractivity contribution is 0.185. The molecule has 20 heavy (non-hydrogen) atoms. The van der Waals surface area contributed by atoms with E-state index in [-0.39, 0.29) is 0 Å². The maximum atomic E-state index is 5.72. The molecule has 0 aliphatic heterocycles. The summed E-state index contributed by atoms with van der Waals surface area (Å²) in [5.41, 5.74) is 9.76. The van der Waals surface area contributed by atoms with Gasteiger partial charge in [0.15, 0.2) is 5.58 Å². The Labute approximate surface area is 116 Å². The number of anilines is 3. The van der Waals surface area contributed by atoms with Crippen LogP contribution in [0.4, 0.5) is 17.4 Å². The molecule has 3 rings (SSSR count). The minimum atomic E-state index is 0.439. The highest BCUT2D eigenvalue weighted by molar-refractivity contribution is 5.78. The predicted molar refractivity (Wildman–Crippen MR) is 78.9 cm³/mol. The van der Waals surface area contributed by atoms with Crippen molar-refractivity contribution >= 4 is 28.5 Å². The summed E-state index contributed by atoms with van der Waals surface area (Å²) in [4.78, 5) is 4.38. The zero-order chi connectivity index (χ0) is 13.9. The van der Waals surface area contributed by atoms with Gasteiger partial charge in [0.1, 0.15) is 5.52 Å². The Hall–Kier alpha value is -2.53. The van der Waals surface area contributed by atoms with Crippen molar-refractivity contribution in [2.24, 2.45) is 0 Å². The topological polar surface area (TPSA) is 73.3 Å². The molecule has 2 aromatic carbocycles. The standard InChI is InChI=1S/C15H15N3O2/c1-19-9-10-4-2-3-5-12(10)17-15-18-13-7-6-11(16)8-14(13)20-15/h2-8H,9,16H2,1H3,(H,17,18). The number of aromatic nitrogens is 1. The van der Waals surface area contributed by atoms with Gasteiger partial charge in [0.2, 0.25) is 0 Å². The molecule has 5 heteroatoms. The Morgan fingerprint density at radius 3 is 2.95 bits per heavy atom.